The Labute approximate surface area is 200 Å². The number of aryl methyl sites for hydroxylation is 1. The van der Waals surface area contributed by atoms with Gasteiger partial charge in [0.15, 0.2) is 0 Å². The second-order valence-electron chi connectivity index (χ2n) is 8.86. The smallest absolute Gasteiger partial charge is 0.147 e. The van der Waals surface area contributed by atoms with Gasteiger partial charge in [0, 0.05) is 11.9 Å². The quantitative estimate of drug-likeness (QED) is 0.220. The van der Waals surface area contributed by atoms with E-state index in [4.69, 9.17) is 14.5 Å². The van der Waals surface area contributed by atoms with E-state index >= 15 is 0 Å². The molecule has 0 aliphatic carbocycles. The van der Waals surface area contributed by atoms with E-state index in [1.54, 1.807) is 0 Å². The molecule has 0 aliphatic heterocycles. The molecule has 4 nitrogen and oxygen atoms in total. The van der Waals surface area contributed by atoms with Gasteiger partial charge in [-0.05, 0) is 53.6 Å². The lowest BCUT2D eigenvalue weighted by atomic mass is 10.0. The zero-order chi connectivity index (χ0) is 23.3. The summed E-state index contributed by atoms with van der Waals surface area (Å²) < 4.78 is 14.5. The zero-order valence-corrected chi connectivity index (χ0v) is 19.8. The molecule has 0 N–H and O–H groups in total. The molecule has 0 spiro atoms. The van der Waals surface area contributed by atoms with Crippen molar-refractivity contribution in [1.29, 1.82) is 0 Å². The third-order valence-electron chi connectivity index (χ3n) is 6.18. The van der Waals surface area contributed by atoms with Crippen LogP contribution in [0.15, 0.2) is 91.0 Å². The Morgan fingerprint density at radius 1 is 0.794 bits per heavy atom. The Hall–Kier alpha value is -3.79. The van der Waals surface area contributed by atoms with Gasteiger partial charge in [0.2, 0.25) is 0 Å². The van der Waals surface area contributed by atoms with Gasteiger partial charge in [-0.2, -0.15) is 0 Å². The topological polar surface area (TPSA) is 36.3 Å². The Bertz CT molecular complexity index is 1380. The fourth-order valence-corrected chi connectivity index (χ4v) is 4.31. The largest absolute Gasteiger partial charge is 0.493 e. The van der Waals surface area contributed by atoms with E-state index in [1.807, 2.05) is 30.3 Å². The SMILES string of the molecule is CC(C)c1ccc(OCc2nc3ccccc3n2CCCOc2cccc3ccccc23)cc1. The molecule has 5 aromatic rings. The number of rotatable bonds is 9. The first kappa shape index (κ1) is 22.0. The number of fused-ring (bicyclic) bond motifs is 2. The highest BCUT2D eigenvalue weighted by Gasteiger charge is 2.12. The molecule has 0 fully saturated rings. The molecule has 0 saturated carbocycles. The molecule has 0 bridgehead atoms. The van der Waals surface area contributed by atoms with Crippen molar-refractivity contribution in [3.05, 3.63) is 102 Å². The van der Waals surface area contributed by atoms with Crippen molar-refractivity contribution in [3.8, 4) is 11.5 Å². The van der Waals surface area contributed by atoms with Crippen molar-refractivity contribution in [3.63, 3.8) is 0 Å². The molecule has 0 saturated heterocycles. The highest BCUT2D eigenvalue weighted by atomic mass is 16.5. The molecule has 0 aliphatic rings. The van der Waals surface area contributed by atoms with Crippen LogP contribution in [0.5, 0.6) is 11.5 Å². The van der Waals surface area contributed by atoms with E-state index in [2.05, 4.69) is 79.1 Å². The van der Waals surface area contributed by atoms with Crippen LogP contribution in [0.1, 0.15) is 37.6 Å². The highest BCUT2D eigenvalue weighted by Crippen LogP contribution is 2.26. The van der Waals surface area contributed by atoms with Crippen LogP contribution in [0.25, 0.3) is 21.8 Å². The highest BCUT2D eigenvalue weighted by molar-refractivity contribution is 5.88. The molecule has 5 rings (SSSR count). The van der Waals surface area contributed by atoms with Gasteiger partial charge in [-0.1, -0.05) is 74.5 Å². The maximum absolute atomic E-state index is 6.16. The third kappa shape index (κ3) is 4.76. The van der Waals surface area contributed by atoms with Crippen molar-refractivity contribution in [2.75, 3.05) is 6.61 Å². The van der Waals surface area contributed by atoms with Crippen molar-refractivity contribution >= 4 is 21.8 Å². The van der Waals surface area contributed by atoms with Crippen molar-refractivity contribution < 1.29 is 9.47 Å². The Morgan fingerprint density at radius 3 is 2.41 bits per heavy atom. The summed E-state index contributed by atoms with van der Waals surface area (Å²) in [5, 5.41) is 2.34. The number of benzene rings is 4. The van der Waals surface area contributed by atoms with Crippen LogP contribution in [-0.4, -0.2) is 16.2 Å². The van der Waals surface area contributed by atoms with E-state index in [1.165, 1.54) is 10.9 Å². The lowest BCUT2D eigenvalue weighted by Gasteiger charge is -2.13. The summed E-state index contributed by atoms with van der Waals surface area (Å²) >= 11 is 0. The standard InChI is InChI=1S/C30H30N2O2/c1-22(2)23-15-17-25(18-16-23)34-21-30-31-27-12-5-6-13-28(27)32(30)19-8-20-33-29-14-7-10-24-9-3-4-11-26(24)29/h3-7,9-18,22H,8,19-21H2,1-2H3. The molecule has 1 heterocycles. The predicted octanol–water partition coefficient (Wildman–Crippen LogP) is 7.36. The lowest BCUT2D eigenvalue weighted by Crippen LogP contribution is -2.10. The molecule has 0 atom stereocenters. The average Bonchev–Trinajstić information content (AvgIpc) is 3.23. The van der Waals surface area contributed by atoms with E-state index in [0.717, 1.165) is 46.7 Å². The minimum Gasteiger partial charge on any atom is -0.493 e. The molecular weight excluding hydrogens is 420 g/mol. The van der Waals surface area contributed by atoms with E-state index in [9.17, 15) is 0 Å². The summed E-state index contributed by atoms with van der Waals surface area (Å²) in [5.74, 6) is 3.23. The minimum absolute atomic E-state index is 0.430. The van der Waals surface area contributed by atoms with Crippen LogP contribution in [0.2, 0.25) is 0 Å². The maximum Gasteiger partial charge on any atom is 0.147 e. The molecule has 0 amide bonds. The fraction of sp³-hybridized carbons (Fsp3) is 0.233. The van der Waals surface area contributed by atoms with Gasteiger partial charge < -0.3 is 14.0 Å². The average molecular weight is 451 g/mol. The second-order valence-corrected chi connectivity index (χ2v) is 8.86. The zero-order valence-electron chi connectivity index (χ0n) is 19.8. The van der Waals surface area contributed by atoms with E-state index in [-0.39, 0.29) is 0 Å². The lowest BCUT2D eigenvalue weighted by molar-refractivity contribution is 0.281. The summed E-state index contributed by atoms with van der Waals surface area (Å²) in [6.07, 6.45) is 0.875. The molecule has 4 aromatic carbocycles. The molecule has 0 radical (unpaired) electrons. The van der Waals surface area contributed by atoms with Crippen LogP contribution in [0, 0.1) is 0 Å². The van der Waals surface area contributed by atoms with Gasteiger partial charge in [-0.15, -0.1) is 0 Å². The van der Waals surface area contributed by atoms with Crippen molar-refractivity contribution in [2.24, 2.45) is 0 Å². The van der Waals surface area contributed by atoms with Gasteiger partial charge in [0.1, 0.15) is 23.9 Å². The van der Waals surface area contributed by atoms with Gasteiger partial charge >= 0.3 is 0 Å². The Morgan fingerprint density at radius 2 is 1.56 bits per heavy atom. The fourth-order valence-electron chi connectivity index (χ4n) is 4.31. The Balaban J connectivity index is 1.27. The first-order chi connectivity index (χ1) is 16.7. The summed E-state index contributed by atoms with van der Waals surface area (Å²) in [6, 6.07) is 31.1. The van der Waals surface area contributed by atoms with Gasteiger partial charge in [-0.25, -0.2) is 4.98 Å². The summed E-state index contributed by atoms with van der Waals surface area (Å²) in [7, 11) is 0. The normalized spacial score (nSPS) is 11.4. The second kappa shape index (κ2) is 10.0. The molecule has 1 aromatic heterocycles. The summed E-state index contributed by atoms with van der Waals surface area (Å²) in [6.45, 7) is 6.28. The molecule has 0 unspecified atom stereocenters. The van der Waals surface area contributed by atoms with Gasteiger partial charge in [0.25, 0.3) is 0 Å². The number of hydrogen-bond donors (Lipinski definition) is 0. The molecule has 172 valence electrons. The molecule has 4 heteroatoms. The number of ether oxygens (including phenoxy) is 2. The monoisotopic (exact) mass is 450 g/mol. The third-order valence-corrected chi connectivity index (χ3v) is 6.18. The molecular formula is C30H30N2O2. The number of hydrogen-bond acceptors (Lipinski definition) is 3. The number of imidazole rings is 1. The first-order valence-electron chi connectivity index (χ1n) is 12.0. The summed E-state index contributed by atoms with van der Waals surface area (Å²) in [5.41, 5.74) is 3.43. The number of para-hydroxylation sites is 2. The predicted molar refractivity (Wildman–Crippen MR) is 139 cm³/mol. The van der Waals surface area contributed by atoms with Crippen LogP contribution in [0.3, 0.4) is 0 Å². The van der Waals surface area contributed by atoms with Crippen molar-refractivity contribution in [1.82, 2.24) is 9.55 Å². The first-order valence-corrected chi connectivity index (χ1v) is 12.0. The van der Waals surface area contributed by atoms with E-state index in [0.29, 0.717) is 19.1 Å². The maximum atomic E-state index is 6.16. The van der Waals surface area contributed by atoms with Gasteiger partial charge in [-0.3, -0.25) is 0 Å². The Kier molecular flexibility index (Phi) is 6.48. The van der Waals surface area contributed by atoms with Gasteiger partial charge in [0.05, 0.1) is 17.6 Å². The van der Waals surface area contributed by atoms with Crippen LogP contribution >= 0.6 is 0 Å². The number of aromatic nitrogens is 2. The summed E-state index contributed by atoms with van der Waals surface area (Å²) in [4.78, 5) is 4.85. The van der Waals surface area contributed by atoms with Crippen molar-refractivity contribution in [2.45, 2.75) is 39.3 Å². The van der Waals surface area contributed by atoms with Crippen LogP contribution < -0.4 is 9.47 Å². The molecule has 34 heavy (non-hydrogen) atoms. The van der Waals surface area contributed by atoms with E-state index < -0.39 is 0 Å². The van der Waals surface area contributed by atoms with Crippen LogP contribution in [-0.2, 0) is 13.2 Å². The van der Waals surface area contributed by atoms with Crippen LogP contribution in [0.4, 0.5) is 0 Å². The minimum atomic E-state index is 0.430. The number of nitrogens with zero attached hydrogens (tertiary/aromatic N) is 2.